The third-order valence-electron chi connectivity index (χ3n) is 4.72. The Morgan fingerprint density at radius 1 is 0.613 bits per heavy atom. The molecular formula is C20H40O9Si2. The minimum atomic E-state index is -2.20. The number of carboxylic acids is 4. The molecule has 0 bridgehead atoms. The van der Waals surface area contributed by atoms with E-state index in [-0.39, 0.29) is 25.7 Å². The van der Waals surface area contributed by atoms with Gasteiger partial charge in [-0.2, -0.15) is 0 Å². The fourth-order valence-electron chi connectivity index (χ4n) is 3.49. The van der Waals surface area contributed by atoms with E-state index >= 15 is 0 Å². The molecule has 0 saturated heterocycles. The van der Waals surface area contributed by atoms with Crippen LogP contribution in [0, 0.1) is 11.8 Å². The van der Waals surface area contributed by atoms with Crippen molar-refractivity contribution >= 4 is 40.5 Å². The Balaban J connectivity index is 0. The molecule has 0 spiro atoms. The second-order valence-corrected chi connectivity index (χ2v) is 17.7. The van der Waals surface area contributed by atoms with Crippen LogP contribution in [0.3, 0.4) is 0 Å². The van der Waals surface area contributed by atoms with Crippen LogP contribution in [-0.2, 0) is 23.3 Å². The molecule has 11 heteroatoms. The van der Waals surface area contributed by atoms with E-state index in [1.165, 1.54) is 0 Å². The van der Waals surface area contributed by atoms with Gasteiger partial charge in [-0.3, -0.25) is 19.2 Å². The first-order chi connectivity index (χ1) is 14.1. The third-order valence-corrected chi connectivity index (χ3v) is 12.1. The maximum absolute atomic E-state index is 11.0. The maximum atomic E-state index is 11.0. The van der Waals surface area contributed by atoms with Crippen molar-refractivity contribution in [2.24, 2.45) is 11.8 Å². The number of hydrogen-bond acceptors (Lipinski definition) is 5. The van der Waals surface area contributed by atoms with Gasteiger partial charge in [0.15, 0.2) is 16.6 Å². The summed E-state index contributed by atoms with van der Waals surface area (Å²) in [5, 5.41) is 35.9. The van der Waals surface area contributed by atoms with Gasteiger partial charge in [-0.25, -0.2) is 0 Å². The highest BCUT2D eigenvalue weighted by Gasteiger charge is 2.34. The van der Waals surface area contributed by atoms with Gasteiger partial charge in [0, 0.05) is 25.7 Å². The molecule has 0 radical (unpaired) electrons. The topological polar surface area (TPSA) is 158 Å². The van der Waals surface area contributed by atoms with Crippen molar-refractivity contribution in [3.05, 3.63) is 0 Å². The van der Waals surface area contributed by atoms with Gasteiger partial charge in [0.1, 0.15) is 0 Å². The first kappa shape index (κ1) is 31.5. The molecule has 182 valence electrons. The van der Waals surface area contributed by atoms with E-state index in [9.17, 15) is 19.2 Å². The van der Waals surface area contributed by atoms with E-state index in [4.69, 9.17) is 24.5 Å². The number of rotatable bonds is 16. The third kappa shape index (κ3) is 18.7. The van der Waals surface area contributed by atoms with Crippen LogP contribution < -0.4 is 0 Å². The Labute approximate surface area is 187 Å². The minimum absolute atomic E-state index is 0.191. The second kappa shape index (κ2) is 15.1. The van der Waals surface area contributed by atoms with Crippen molar-refractivity contribution in [1.29, 1.82) is 0 Å². The van der Waals surface area contributed by atoms with Crippen LogP contribution in [0.4, 0.5) is 0 Å². The monoisotopic (exact) mass is 480 g/mol. The molecule has 0 aliphatic carbocycles. The lowest BCUT2D eigenvalue weighted by Crippen LogP contribution is -2.44. The lowest BCUT2D eigenvalue weighted by molar-refractivity contribution is -0.142. The molecule has 31 heavy (non-hydrogen) atoms. The van der Waals surface area contributed by atoms with Gasteiger partial charge in [-0.05, 0) is 63.0 Å². The molecule has 0 rings (SSSR count). The predicted molar refractivity (Wildman–Crippen MR) is 122 cm³/mol. The quantitative estimate of drug-likeness (QED) is 0.235. The predicted octanol–water partition coefficient (Wildman–Crippen LogP) is 4.35. The fraction of sp³-hybridized carbons (Fsp3) is 0.800. The Bertz CT molecular complexity index is 509. The summed E-state index contributed by atoms with van der Waals surface area (Å²) in [6, 6.07) is 1.25. The lowest BCUT2D eigenvalue weighted by Gasteiger charge is -2.35. The highest BCUT2D eigenvalue weighted by Crippen LogP contribution is 2.29. The maximum Gasteiger partial charge on any atom is 0.303 e. The normalized spacial score (nSPS) is 11.7. The highest BCUT2D eigenvalue weighted by molar-refractivity contribution is 6.84. The molecule has 0 aliphatic rings. The van der Waals surface area contributed by atoms with Crippen LogP contribution in [0.2, 0.25) is 38.3 Å². The summed E-state index contributed by atoms with van der Waals surface area (Å²) in [5.41, 5.74) is 0. The van der Waals surface area contributed by atoms with Crippen LogP contribution >= 0.6 is 0 Å². The molecule has 0 fully saturated rings. The second-order valence-electron chi connectivity index (χ2n) is 8.82. The zero-order valence-corrected chi connectivity index (χ0v) is 21.6. The van der Waals surface area contributed by atoms with E-state index in [1.807, 2.05) is 40.0 Å². The SMILES string of the molecule is CC.C[Si](C)(CCC(CC(=O)O)CC(=O)O)O[Si](C)(C)CCC(CC(=O)O)CC(=O)O. The molecule has 0 amide bonds. The van der Waals surface area contributed by atoms with Crippen molar-refractivity contribution < 1.29 is 43.7 Å². The van der Waals surface area contributed by atoms with Gasteiger partial charge in [0.2, 0.25) is 0 Å². The first-order valence-electron chi connectivity index (χ1n) is 10.7. The average molecular weight is 481 g/mol. The van der Waals surface area contributed by atoms with E-state index in [1.54, 1.807) is 0 Å². The fourth-order valence-corrected chi connectivity index (χ4v) is 12.5. The van der Waals surface area contributed by atoms with E-state index in [2.05, 4.69) is 0 Å². The molecule has 0 aromatic rings. The summed E-state index contributed by atoms with van der Waals surface area (Å²) in [7, 11) is -4.39. The van der Waals surface area contributed by atoms with Crippen LogP contribution in [0.25, 0.3) is 0 Å². The average Bonchev–Trinajstić information content (AvgIpc) is 2.57. The largest absolute Gasteiger partial charge is 0.481 e. The van der Waals surface area contributed by atoms with Gasteiger partial charge >= 0.3 is 23.9 Å². The standard InChI is InChI=1S/C18H34O9Si2.C2H6/c1-28(2,7-5-13(9-15(19)20)10-16(21)22)27-29(3,4)8-6-14(11-17(23)24)12-18(25)26;1-2/h13-14H,5-12H2,1-4H3,(H,19,20)(H,21,22)(H,23,24)(H,25,26);1-2H3. The molecule has 0 aromatic carbocycles. The lowest BCUT2D eigenvalue weighted by atomic mass is 9.99. The molecular weight excluding hydrogens is 440 g/mol. The zero-order chi connectivity index (χ0) is 24.8. The molecule has 0 aromatic heterocycles. The van der Waals surface area contributed by atoms with E-state index in [0.29, 0.717) is 24.9 Å². The number of aliphatic carboxylic acids is 4. The molecule has 9 nitrogen and oxygen atoms in total. The zero-order valence-electron chi connectivity index (χ0n) is 19.6. The summed E-state index contributed by atoms with van der Waals surface area (Å²) in [5.74, 6) is -4.96. The van der Waals surface area contributed by atoms with Crippen LogP contribution in [0.5, 0.6) is 0 Å². The number of carboxylic acid groups (broad SMARTS) is 4. The number of carbonyl (C=O) groups is 4. The van der Waals surface area contributed by atoms with Crippen molar-refractivity contribution in [3.8, 4) is 0 Å². The Hall–Kier alpha value is -1.73. The van der Waals surface area contributed by atoms with Gasteiger partial charge < -0.3 is 24.5 Å². The van der Waals surface area contributed by atoms with Crippen LogP contribution in [0.1, 0.15) is 52.4 Å². The van der Waals surface area contributed by atoms with Crippen LogP contribution in [0.15, 0.2) is 0 Å². The Morgan fingerprint density at radius 3 is 1.03 bits per heavy atom. The highest BCUT2D eigenvalue weighted by atomic mass is 28.4. The summed E-state index contributed by atoms with van der Waals surface area (Å²) < 4.78 is 6.43. The summed E-state index contributed by atoms with van der Waals surface area (Å²) in [4.78, 5) is 43.8. The van der Waals surface area contributed by atoms with E-state index < -0.39 is 52.3 Å². The molecule has 4 N–H and O–H groups in total. The van der Waals surface area contributed by atoms with E-state index in [0.717, 1.165) is 0 Å². The van der Waals surface area contributed by atoms with Crippen molar-refractivity contribution in [1.82, 2.24) is 0 Å². The van der Waals surface area contributed by atoms with Crippen LogP contribution in [-0.4, -0.2) is 60.9 Å². The molecule has 0 aliphatic heterocycles. The van der Waals surface area contributed by atoms with Gasteiger partial charge in [0.05, 0.1) is 0 Å². The van der Waals surface area contributed by atoms with Gasteiger partial charge in [-0.1, -0.05) is 13.8 Å². The molecule has 0 unspecified atom stereocenters. The smallest absolute Gasteiger partial charge is 0.303 e. The summed E-state index contributed by atoms with van der Waals surface area (Å²) in [6.45, 7) is 12.0. The number of hydrogen-bond donors (Lipinski definition) is 4. The summed E-state index contributed by atoms with van der Waals surface area (Å²) >= 11 is 0. The van der Waals surface area contributed by atoms with Crippen molar-refractivity contribution in [3.63, 3.8) is 0 Å². The van der Waals surface area contributed by atoms with Gasteiger partial charge in [-0.15, -0.1) is 0 Å². The summed E-state index contributed by atoms with van der Waals surface area (Å²) in [6.07, 6.45) is 0.159. The molecule has 0 atom stereocenters. The van der Waals surface area contributed by atoms with Crippen molar-refractivity contribution in [2.75, 3.05) is 0 Å². The minimum Gasteiger partial charge on any atom is -0.481 e. The van der Waals surface area contributed by atoms with Gasteiger partial charge in [0.25, 0.3) is 0 Å². The molecule has 0 heterocycles. The van der Waals surface area contributed by atoms with Crippen molar-refractivity contribution in [2.45, 2.75) is 90.6 Å². The first-order valence-corrected chi connectivity index (χ1v) is 16.9. The Morgan fingerprint density at radius 2 is 0.839 bits per heavy atom. The molecule has 0 saturated carbocycles. The Kier molecular flexibility index (Phi) is 15.4.